The number of thiophene rings is 1. The van der Waals surface area contributed by atoms with Gasteiger partial charge < -0.3 is 5.32 Å². The first-order valence-electron chi connectivity index (χ1n) is 10.5. The zero-order chi connectivity index (χ0) is 22.4. The van der Waals surface area contributed by atoms with E-state index in [4.69, 9.17) is 0 Å². The first kappa shape index (κ1) is 21.4. The smallest absolute Gasteiger partial charge is 0.262 e. The standard InChI is InChI=1S/C23H22F2N4OS2/c1-12(19-10-31-13(2)28-19)29-11-27-22-21(23(29)30)17-6-5-16(8-20(17)32-22)26-9-14-3-4-15(24)7-18(14)25/h3-4,7,10-12,16,26H,5-6,8-9H2,1-2H3/t12-,16-/m1/s1. The van der Waals surface area contributed by atoms with Gasteiger partial charge in [0.1, 0.15) is 16.5 Å². The number of aryl methyl sites for hydroxylation is 2. The van der Waals surface area contributed by atoms with Crippen LogP contribution in [-0.2, 0) is 19.4 Å². The summed E-state index contributed by atoms with van der Waals surface area (Å²) in [6, 6.07) is 3.65. The number of hydrogen-bond donors (Lipinski definition) is 1. The fourth-order valence-corrected chi connectivity index (χ4v) is 6.22. The molecule has 3 heterocycles. The summed E-state index contributed by atoms with van der Waals surface area (Å²) in [5.74, 6) is -1.11. The molecule has 0 unspecified atom stereocenters. The number of thiazole rings is 1. The Morgan fingerprint density at radius 1 is 1.34 bits per heavy atom. The fourth-order valence-electron chi connectivity index (χ4n) is 4.26. The van der Waals surface area contributed by atoms with E-state index < -0.39 is 11.6 Å². The third kappa shape index (κ3) is 3.89. The van der Waals surface area contributed by atoms with Crippen LogP contribution in [-0.4, -0.2) is 20.6 Å². The Hall–Kier alpha value is -2.49. The van der Waals surface area contributed by atoms with Gasteiger partial charge in [0.15, 0.2) is 0 Å². The van der Waals surface area contributed by atoms with Gasteiger partial charge >= 0.3 is 0 Å². The van der Waals surface area contributed by atoms with Crippen LogP contribution in [0.25, 0.3) is 10.2 Å². The molecule has 1 aliphatic carbocycles. The number of halogens is 2. The largest absolute Gasteiger partial charge is 0.309 e. The number of fused-ring (bicyclic) bond motifs is 3. The molecule has 0 saturated carbocycles. The Morgan fingerprint density at radius 2 is 2.19 bits per heavy atom. The maximum absolute atomic E-state index is 13.9. The predicted molar refractivity (Wildman–Crippen MR) is 124 cm³/mol. The summed E-state index contributed by atoms with van der Waals surface area (Å²) in [4.78, 5) is 24.4. The quantitative estimate of drug-likeness (QED) is 0.455. The second-order valence-electron chi connectivity index (χ2n) is 8.16. The molecule has 1 aliphatic rings. The molecule has 5 rings (SSSR count). The Bertz CT molecular complexity index is 1360. The maximum atomic E-state index is 13.9. The molecule has 2 atom stereocenters. The van der Waals surface area contributed by atoms with E-state index in [2.05, 4.69) is 15.3 Å². The monoisotopic (exact) mass is 472 g/mol. The van der Waals surface area contributed by atoms with Crippen molar-refractivity contribution < 1.29 is 8.78 Å². The van der Waals surface area contributed by atoms with Gasteiger partial charge in [-0.15, -0.1) is 22.7 Å². The van der Waals surface area contributed by atoms with Crippen molar-refractivity contribution in [2.45, 2.75) is 51.7 Å². The molecule has 0 aliphatic heterocycles. The van der Waals surface area contributed by atoms with Crippen LogP contribution in [0.5, 0.6) is 0 Å². The highest BCUT2D eigenvalue weighted by molar-refractivity contribution is 7.18. The van der Waals surface area contributed by atoms with Crippen molar-refractivity contribution in [2.75, 3.05) is 0 Å². The minimum Gasteiger partial charge on any atom is -0.309 e. The molecule has 0 amide bonds. The molecule has 1 aromatic carbocycles. The second-order valence-corrected chi connectivity index (χ2v) is 10.3. The van der Waals surface area contributed by atoms with Gasteiger partial charge in [-0.2, -0.15) is 0 Å². The molecule has 166 valence electrons. The zero-order valence-electron chi connectivity index (χ0n) is 17.7. The fraction of sp³-hybridized carbons (Fsp3) is 0.348. The van der Waals surface area contributed by atoms with Crippen molar-refractivity contribution in [3.05, 3.63) is 78.6 Å². The summed E-state index contributed by atoms with van der Waals surface area (Å²) in [5, 5.41) is 7.06. The number of benzene rings is 1. The van der Waals surface area contributed by atoms with E-state index in [1.807, 2.05) is 19.2 Å². The normalized spacial score (nSPS) is 16.9. The molecule has 32 heavy (non-hydrogen) atoms. The Balaban J connectivity index is 1.38. The van der Waals surface area contributed by atoms with Crippen LogP contribution in [0.1, 0.15) is 46.1 Å². The van der Waals surface area contributed by atoms with Crippen LogP contribution in [0.2, 0.25) is 0 Å². The van der Waals surface area contributed by atoms with E-state index in [-0.39, 0.29) is 17.6 Å². The number of nitrogens with zero attached hydrogens (tertiary/aromatic N) is 3. The number of rotatable bonds is 5. The molecule has 0 saturated heterocycles. The van der Waals surface area contributed by atoms with Crippen LogP contribution in [0.15, 0.2) is 34.7 Å². The lowest BCUT2D eigenvalue weighted by molar-refractivity contribution is 0.454. The SMILES string of the molecule is Cc1nc([C@@H](C)n2cnc3sc4c(c3c2=O)CC[C@@H](NCc2ccc(F)cc2F)C4)cs1. The summed E-state index contributed by atoms with van der Waals surface area (Å²) in [5.41, 5.74) is 2.39. The molecule has 0 fully saturated rings. The minimum absolute atomic E-state index is 0.0227. The van der Waals surface area contributed by atoms with Crippen LogP contribution in [0, 0.1) is 18.6 Å². The average molecular weight is 473 g/mol. The average Bonchev–Trinajstić information content (AvgIpc) is 3.36. The Morgan fingerprint density at radius 3 is 2.94 bits per heavy atom. The molecule has 0 bridgehead atoms. The van der Waals surface area contributed by atoms with Gasteiger partial charge in [0.05, 0.1) is 28.5 Å². The number of nitrogens with one attached hydrogen (secondary N) is 1. The summed E-state index contributed by atoms with van der Waals surface area (Å²) >= 11 is 3.14. The topological polar surface area (TPSA) is 59.8 Å². The van der Waals surface area contributed by atoms with Crippen LogP contribution < -0.4 is 10.9 Å². The van der Waals surface area contributed by atoms with Gasteiger partial charge in [0, 0.05) is 34.5 Å². The van der Waals surface area contributed by atoms with Gasteiger partial charge in [-0.3, -0.25) is 9.36 Å². The van der Waals surface area contributed by atoms with Gasteiger partial charge in [-0.25, -0.2) is 18.7 Å². The van der Waals surface area contributed by atoms with E-state index >= 15 is 0 Å². The van der Waals surface area contributed by atoms with Crippen LogP contribution in [0.4, 0.5) is 8.78 Å². The van der Waals surface area contributed by atoms with E-state index in [1.54, 1.807) is 33.6 Å². The number of aromatic nitrogens is 3. The van der Waals surface area contributed by atoms with Crippen molar-refractivity contribution in [1.29, 1.82) is 0 Å². The molecule has 3 aromatic heterocycles. The molecule has 0 spiro atoms. The lowest BCUT2D eigenvalue weighted by Crippen LogP contribution is -2.34. The molecule has 1 N–H and O–H groups in total. The van der Waals surface area contributed by atoms with Gasteiger partial charge in [0.2, 0.25) is 0 Å². The molecule has 4 aromatic rings. The predicted octanol–water partition coefficient (Wildman–Crippen LogP) is 4.76. The molecular formula is C23H22F2N4OS2. The first-order chi connectivity index (χ1) is 15.4. The highest BCUT2D eigenvalue weighted by atomic mass is 32.1. The van der Waals surface area contributed by atoms with E-state index in [1.165, 1.54) is 12.1 Å². The van der Waals surface area contributed by atoms with Crippen LogP contribution in [0.3, 0.4) is 0 Å². The molecular weight excluding hydrogens is 450 g/mol. The molecule has 5 nitrogen and oxygen atoms in total. The summed E-state index contributed by atoms with van der Waals surface area (Å²) in [6.07, 6.45) is 4.00. The molecule has 9 heteroatoms. The lowest BCUT2D eigenvalue weighted by Gasteiger charge is -2.23. The van der Waals surface area contributed by atoms with Gasteiger partial charge in [-0.1, -0.05) is 6.07 Å². The summed E-state index contributed by atoms with van der Waals surface area (Å²) in [7, 11) is 0. The third-order valence-electron chi connectivity index (χ3n) is 6.07. The van der Waals surface area contributed by atoms with E-state index in [0.717, 1.165) is 51.3 Å². The van der Waals surface area contributed by atoms with Crippen molar-refractivity contribution >= 4 is 32.9 Å². The highest BCUT2D eigenvalue weighted by Gasteiger charge is 2.26. The van der Waals surface area contributed by atoms with Gasteiger partial charge in [0.25, 0.3) is 5.56 Å². The minimum atomic E-state index is -0.573. The first-order valence-corrected chi connectivity index (χ1v) is 12.2. The van der Waals surface area contributed by atoms with E-state index in [9.17, 15) is 13.6 Å². The Labute approximate surface area is 191 Å². The lowest BCUT2D eigenvalue weighted by atomic mass is 9.93. The van der Waals surface area contributed by atoms with Crippen molar-refractivity contribution in [3.63, 3.8) is 0 Å². The maximum Gasteiger partial charge on any atom is 0.262 e. The summed E-state index contributed by atoms with van der Waals surface area (Å²) in [6.45, 7) is 4.26. The second kappa shape index (κ2) is 8.46. The van der Waals surface area contributed by atoms with Gasteiger partial charge in [-0.05, 0) is 44.7 Å². The highest BCUT2D eigenvalue weighted by Crippen LogP contribution is 2.34. The molecule has 0 radical (unpaired) electrons. The zero-order valence-corrected chi connectivity index (χ0v) is 19.3. The van der Waals surface area contributed by atoms with Crippen LogP contribution >= 0.6 is 22.7 Å². The number of hydrogen-bond acceptors (Lipinski definition) is 6. The van der Waals surface area contributed by atoms with Crippen molar-refractivity contribution in [1.82, 2.24) is 19.9 Å². The third-order valence-corrected chi connectivity index (χ3v) is 8.03. The van der Waals surface area contributed by atoms with E-state index in [0.29, 0.717) is 17.5 Å². The Kier molecular flexibility index (Phi) is 5.65. The van der Waals surface area contributed by atoms with Crippen molar-refractivity contribution in [2.24, 2.45) is 0 Å². The summed E-state index contributed by atoms with van der Waals surface area (Å²) < 4.78 is 28.7. The van der Waals surface area contributed by atoms with Crippen molar-refractivity contribution in [3.8, 4) is 0 Å².